The van der Waals surface area contributed by atoms with E-state index >= 15 is 0 Å². The summed E-state index contributed by atoms with van der Waals surface area (Å²) < 4.78 is 5.08. The van der Waals surface area contributed by atoms with Gasteiger partial charge in [-0.05, 0) is 30.0 Å². The second-order valence-electron chi connectivity index (χ2n) is 4.44. The highest BCUT2D eigenvalue weighted by Gasteiger charge is 2.16. The first-order valence-corrected chi connectivity index (χ1v) is 6.23. The van der Waals surface area contributed by atoms with Gasteiger partial charge in [-0.2, -0.15) is 0 Å². The van der Waals surface area contributed by atoms with Crippen LogP contribution in [-0.4, -0.2) is 18.1 Å². The lowest BCUT2D eigenvalue weighted by molar-refractivity contribution is -0.118. The van der Waals surface area contributed by atoms with Gasteiger partial charge in [-0.1, -0.05) is 25.8 Å². The maximum Gasteiger partial charge on any atom is 0.218 e. The van der Waals surface area contributed by atoms with Gasteiger partial charge < -0.3 is 15.6 Å². The van der Waals surface area contributed by atoms with Gasteiger partial charge in [-0.3, -0.25) is 4.79 Å². The number of hydrogen-bond donors (Lipinski definition) is 2. The van der Waals surface area contributed by atoms with Crippen molar-refractivity contribution >= 4 is 5.91 Å². The van der Waals surface area contributed by atoms with E-state index in [1.807, 2.05) is 6.07 Å². The summed E-state index contributed by atoms with van der Waals surface area (Å²) in [4.78, 5) is 11.1. The highest BCUT2D eigenvalue weighted by Crippen LogP contribution is 2.33. The Bertz CT molecular complexity index is 404. The molecule has 4 nitrogen and oxygen atoms in total. The Labute approximate surface area is 108 Å². The summed E-state index contributed by atoms with van der Waals surface area (Å²) in [6, 6.07) is 5.19. The zero-order valence-electron chi connectivity index (χ0n) is 11.0. The number of carbonyl (C=O) groups is 1. The van der Waals surface area contributed by atoms with Gasteiger partial charge in [0.25, 0.3) is 0 Å². The molecule has 1 aromatic carbocycles. The van der Waals surface area contributed by atoms with Crippen LogP contribution in [0.1, 0.15) is 44.1 Å². The summed E-state index contributed by atoms with van der Waals surface area (Å²) in [7, 11) is 1.51. The lowest BCUT2D eigenvalue weighted by Crippen LogP contribution is -2.15. The normalized spacial score (nSPS) is 12.1. The van der Waals surface area contributed by atoms with E-state index in [1.165, 1.54) is 7.11 Å². The van der Waals surface area contributed by atoms with E-state index < -0.39 is 0 Å². The SMILES string of the molecule is CCCCC(CC(N)=O)c1ccc(O)c(OC)c1. The van der Waals surface area contributed by atoms with E-state index in [1.54, 1.807) is 12.1 Å². The molecule has 0 aliphatic rings. The van der Waals surface area contributed by atoms with Crippen molar-refractivity contribution in [2.24, 2.45) is 5.73 Å². The average molecular weight is 251 g/mol. The molecule has 3 N–H and O–H groups in total. The van der Waals surface area contributed by atoms with Crippen LogP contribution in [0.3, 0.4) is 0 Å². The number of primary amides is 1. The van der Waals surface area contributed by atoms with Crippen molar-refractivity contribution in [1.82, 2.24) is 0 Å². The molecule has 0 spiro atoms. The molecule has 1 amide bonds. The molecule has 0 saturated carbocycles. The Morgan fingerprint density at radius 2 is 2.22 bits per heavy atom. The first kappa shape index (κ1) is 14.4. The quantitative estimate of drug-likeness (QED) is 0.782. The van der Waals surface area contributed by atoms with Crippen molar-refractivity contribution in [2.45, 2.75) is 38.5 Å². The number of rotatable bonds is 7. The second kappa shape index (κ2) is 6.89. The molecule has 0 aliphatic heterocycles. The first-order chi connectivity index (χ1) is 8.58. The van der Waals surface area contributed by atoms with E-state index in [4.69, 9.17) is 10.5 Å². The fourth-order valence-electron chi connectivity index (χ4n) is 2.03. The first-order valence-electron chi connectivity index (χ1n) is 6.23. The average Bonchev–Trinajstić information content (AvgIpc) is 2.34. The molecule has 1 rings (SSSR count). The predicted octanol–water partition coefficient (Wildman–Crippen LogP) is 2.55. The van der Waals surface area contributed by atoms with E-state index in [0.29, 0.717) is 12.2 Å². The summed E-state index contributed by atoms with van der Waals surface area (Å²) in [5, 5.41) is 9.56. The molecular formula is C14H21NO3. The fraction of sp³-hybridized carbons (Fsp3) is 0.500. The van der Waals surface area contributed by atoms with Crippen molar-refractivity contribution < 1.29 is 14.6 Å². The van der Waals surface area contributed by atoms with Crippen molar-refractivity contribution in [3.8, 4) is 11.5 Å². The molecule has 0 bridgehead atoms. The third kappa shape index (κ3) is 3.95. The number of nitrogens with two attached hydrogens (primary N) is 1. The number of aromatic hydroxyl groups is 1. The van der Waals surface area contributed by atoms with Crippen LogP contribution in [0.15, 0.2) is 18.2 Å². The Balaban J connectivity index is 2.92. The van der Waals surface area contributed by atoms with Gasteiger partial charge in [0.05, 0.1) is 7.11 Å². The fourth-order valence-corrected chi connectivity index (χ4v) is 2.03. The van der Waals surface area contributed by atoms with Crippen LogP contribution in [0, 0.1) is 0 Å². The van der Waals surface area contributed by atoms with Crippen LogP contribution in [0.25, 0.3) is 0 Å². The van der Waals surface area contributed by atoms with Crippen LogP contribution in [0.4, 0.5) is 0 Å². The van der Waals surface area contributed by atoms with Crippen LogP contribution < -0.4 is 10.5 Å². The summed E-state index contributed by atoms with van der Waals surface area (Å²) in [5.41, 5.74) is 6.27. The van der Waals surface area contributed by atoms with Gasteiger partial charge >= 0.3 is 0 Å². The maximum atomic E-state index is 11.1. The summed E-state index contributed by atoms with van der Waals surface area (Å²) >= 11 is 0. The molecule has 18 heavy (non-hydrogen) atoms. The molecule has 0 saturated heterocycles. The van der Waals surface area contributed by atoms with E-state index in [9.17, 15) is 9.90 Å². The highest BCUT2D eigenvalue weighted by molar-refractivity contribution is 5.74. The van der Waals surface area contributed by atoms with Crippen LogP contribution in [-0.2, 0) is 4.79 Å². The topological polar surface area (TPSA) is 72.6 Å². The number of phenols is 1. The van der Waals surface area contributed by atoms with Gasteiger partial charge in [0, 0.05) is 6.42 Å². The number of unbranched alkanes of at least 4 members (excludes halogenated alkanes) is 1. The molecule has 0 heterocycles. The van der Waals surface area contributed by atoms with Crippen LogP contribution in [0.2, 0.25) is 0 Å². The lowest BCUT2D eigenvalue weighted by Gasteiger charge is -2.16. The standard InChI is InChI=1S/C14H21NO3/c1-3-4-5-10(9-14(15)17)11-6-7-12(16)13(8-11)18-2/h6-8,10,16H,3-5,9H2,1-2H3,(H2,15,17). The molecule has 0 fully saturated rings. The maximum absolute atomic E-state index is 11.1. The monoisotopic (exact) mass is 251 g/mol. The van der Waals surface area contributed by atoms with Gasteiger partial charge in [0.15, 0.2) is 11.5 Å². The van der Waals surface area contributed by atoms with E-state index in [-0.39, 0.29) is 17.6 Å². The predicted molar refractivity (Wildman–Crippen MR) is 70.7 cm³/mol. The van der Waals surface area contributed by atoms with Crippen molar-refractivity contribution in [1.29, 1.82) is 0 Å². The lowest BCUT2D eigenvalue weighted by atomic mass is 9.90. The third-order valence-electron chi connectivity index (χ3n) is 3.03. The zero-order valence-corrected chi connectivity index (χ0v) is 11.0. The molecule has 0 aromatic heterocycles. The number of phenolic OH excluding ortho intramolecular Hbond substituents is 1. The number of benzene rings is 1. The van der Waals surface area contributed by atoms with Crippen LogP contribution in [0.5, 0.6) is 11.5 Å². The number of amides is 1. The largest absolute Gasteiger partial charge is 0.504 e. The van der Waals surface area contributed by atoms with Gasteiger partial charge in [-0.25, -0.2) is 0 Å². The van der Waals surface area contributed by atoms with Crippen LogP contribution >= 0.6 is 0 Å². The smallest absolute Gasteiger partial charge is 0.218 e. The third-order valence-corrected chi connectivity index (χ3v) is 3.03. The Morgan fingerprint density at radius 3 is 2.78 bits per heavy atom. The van der Waals surface area contributed by atoms with Gasteiger partial charge in [0.1, 0.15) is 0 Å². The number of carbonyl (C=O) groups excluding carboxylic acids is 1. The molecular weight excluding hydrogens is 230 g/mol. The van der Waals surface area contributed by atoms with E-state index in [0.717, 1.165) is 24.8 Å². The second-order valence-corrected chi connectivity index (χ2v) is 4.44. The molecule has 1 atom stereocenters. The van der Waals surface area contributed by atoms with E-state index in [2.05, 4.69) is 6.92 Å². The summed E-state index contributed by atoms with van der Waals surface area (Å²) in [5.74, 6) is 0.327. The minimum atomic E-state index is -0.303. The van der Waals surface area contributed by atoms with Crippen molar-refractivity contribution in [2.75, 3.05) is 7.11 Å². The minimum absolute atomic E-state index is 0.0944. The highest BCUT2D eigenvalue weighted by atomic mass is 16.5. The Hall–Kier alpha value is -1.71. The zero-order chi connectivity index (χ0) is 13.5. The van der Waals surface area contributed by atoms with Gasteiger partial charge in [0.2, 0.25) is 5.91 Å². The van der Waals surface area contributed by atoms with Crippen molar-refractivity contribution in [3.63, 3.8) is 0 Å². The summed E-state index contributed by atoms with van der Waals surface area (Å²) in [6.45, 7) is 2.11. The molecule has 0 aliphatic carbocycles. The van der Waals surface area contributed by atoms with Crippen molar-refractivity contribution in [3.05, 3.63) is 23.8 Å². The van der Waals surface area contributed by atoms with Gasteiger partial charge in [-0.15, -0.1) is 0 Å². The number of ether oxygens (including phenoxy) is 1. The number of hydrogen-bond acceptors (Lipinski definition) is 3. The molecule has 1 unspecified atom stereocenters. The Kier molecular flexibility index (Phi) is 5.49. The molecule has 100 valence electrons. The molecule has 1 aromatic rings. The molecule has 4 heteroatoms. The minimum Gasteiger partial charge on any atom is -0.504 e. The Morgan fingerprint density at radius 1 is 1.50 bits per heavy atom. The molecule has 0 radical (unpaired) electrons. The summed E-state index contributed by atoms with van der Waals surface area (Å²) in [6.07, 6.45) is 3.35. The number of methoxy groups -OCH3 is 1.